The summed E-state index contributed by atoms with van der Waals surface area (Å²) in [5.41, 5.74) is -1.31. The van der Waals surface area contributed by atoms with E-state index in [1.165, 1.54) is 6.42 Å². The Morgan fingerprint density at radius 3 is 2.37 bits per heavy atom. The van der Waals surface area contributed by atoms with Crippen LogP contribution in [-0.2, 0) is 9.59 Å². The van der Waals surface area contributed by atoms with Crippen molar-refractivity contribution < 1.29 is 9.59 Å². The van der Waals surface area contributed by atoms with Gasteiger partial charge in [-0.25, -0.2) is 0 Å². The summed E-state index contributed by atoms with van der Waals surface area (Å²) in [7, 11) is 0. The molecule has 1 saturated carbocycles. The Morgan fingerprint density at radius 2 is 1.79 bits per heavy atom. The van der Waals surface area contributed by atoms with Gasteiger partial charge in [-0.3, -0.25) is 9.59 Å². The van der Waals surface area contributed by atoms with Crippen molar-refractivity contribution in [2.75, 3.05) is 6.54 Å². The van der Waals surface area contributed by atoms with E-state index in [-0.39, 0.29) is 11.8 Å². The summed E-state index contributed by atoms with van der Waals surface area (Å²) in [6.45, 7) is 6.45. The first-order valence-electron chi connectivity index (χ1n) is 7.59. The van der Waals surface area contributed by atoms with Crippen molar-refractivity contribution in [3.05, 3.63) is 0 Å². The van der Waals surface area contributed by atoms with Crippen LogP contribution in [0, 0.1) is 0 Å². The van der Waals surface area contributed by atoms with Crippen LogP contribution in [0.2, 0.25) is 0 Å². The van der Waals surface area contributed by atoms with E-state index < -0.39 is 11.1 Å². The van der Waals surface area contributed by atoms with Gasteiger partial charge in [0.15, 0.2) is 0 Å². The number of nitrogens with one attached hydrogen (secondary N) is 1. The van der Waals surface area contributed by atoms with Crippen LogP contribution < -0.4 is 5.32 Å². The van der Waals surface area contributed by atoms with Crippen molar-refractivity contribution in [3.63, 3.8) is 0 Å². The fourth-order valence-corrected chi connectivity index (χ4v) is 3.37. The minimum atomic E-state index is -0.756. The first kappa shape index (κ1) is 14.4. The second kappa shape index (κ2) is 5.14. The second-order valence-corrected chi connectivity index (χ2v) is 6.48. The molecule has 1 aliphatic heterocycles. The topological polar surface area (TPSA) is 49.4 Å². The number of nitrogens with zero attached hydrogens (tertiary/aromatic N) is 1. The van der Waals surface area contributed by atoms with Crippen LogP contribution in [0.25, 0.3) is 0 Å². The number of rotatable bonds is 3. The van der Waals surface area contributed by atoms with E-state index in [1.807, 2.05) is 18.7 Å². The summed E-state index contributed by atoms with van der Waals surface area (Å²) in [6.07, 6.45) is 6.93. The van der Waals surface area contributed by atoms with Gasteiger partial charge in [-0.05, 0) is 33.1 Å². The Kier molecular flexibility index (Phi) is 3.88. The Labute approximate surface area is 115 Å². The highest BCUT2D eigenvalue weighted by Gasteiger charge is 2.54. The minimum absolute atomic E-state index is 0.0629. The Morgan fingerprint density at radius 1 is 1.16 bits per heavy atom. The van der Waals surface area contributed by atoms with Crippen molar-refractivity contribution in [1.82, 2.24) is 10.2 Å². The highest BCUT2D eigenvalue weighted by molar-refractivity contribution is 6.01. The number of carbonyl (C=O) groups excluding carboxylic acids is 2. The smallest absolute Gasteiger partial charge is 0.248 e. The lowest BCUT2D eigenvalue weighted by Gasteiger charge is -2.52. The van der Waals surface area contributed by atoms with Gasteiger partial charge in [-0.1, -0.05) is 32.6 Å². The third kappa shape index (κ3) is 2.37. The SMILES string of the molecule is CCCCN1C(=O)C(C)(C)NC(=O)C12CCCCC2. The summed E-state index contributed by atoms with van der Waals surface area (Å²) in [5, 5.41) is 2.94. The van der Waals surface area contributed by atoms with Gasteiger partial charge in [0, 0.05) is 6.54 Å². The molecule has 1 heterocycles. The summed E-state index contributed by atoms with van der Waals surface area (Å²) in [6, 6.07) is 0. The number of amides is 2. The van der Waals surface area contributed by atoms with E-state index in [0.29, 0.717) is 6.54 Å². The molecule has 0 aromatic heterocycles. The first-order chi connectivity index (χ1) is 8.94. The van der Waals surface area contributed by atoms with Crippen LogP contribution in [0.15, 0.2) is 0 Å². The van der Waals surface area contributed by atoms with Gasteiger partial charge in [-0.15, -0.1) is 0 Å². The van der Waals surface area contributed by atoms with Gasteiger partial charge in [0.25, 0.3) is 0 Å². The van der Waals surface area contributed by atoms with Crippen LogP contribution in [0.3, 0.4) is 0 Å². The molecular weight excluding hydrogens is 240 g/mol. The molecule has 2 aliphatic rings. The van der Waals surface area contributed by atoms with Crippen LogP contribution in [0.4, 0.5) is 0 Å². The zero-order valence-electron chi connectivity index (χ0n) is 12.4. The Balaban J connectivity index is 2.32. The first-order valence-corrected chi connectivity index (χ1v) is 7.59. The highest BCUT2D eigenvalue weighted by Crippen LogP contribution is 2.38. The third-order valence-electron chi connectivity index (χ3n) is 4.56. The van der Waals surface area contributed by atoms with Crippen LogP contribution in [-0.4, -0.2) is 34.3 Å². The maximum Gasteiger partial charge on any atom is 0.248 e. The number of hydrogen-bond acceptors (Lipinski definition) is 2. The molecule has 1 spiro atoms. The Bertz CT molecular complexity index is 370. The molecular formula is C15H26N2O2. The van der Waals surface area contributed by atoms with Gasteiger partial charge >= 0.3 is 0 Å². The molecule has 1 N–H and O–H groups in total. The van der Waals surface area contributed by atoms with Crippen LogP contribution in [0.5, 0.6) is 0 Å². The maximum absolute atomic E-state index is 12.7. The van der Waals surface area contributed by atoms with E-state index in [2.05, 4.69) is 12.2 Å². The molecule has 2 rings (SSSR count). The van der Waals surface area contributed by atoms with Gasteiger partial charge in [0.2, 0.25) is 11.8 Å². The van der Waals surface area contributed by atoms with E-state index in [1.54, 1.807) is 0 Å². The van der Waals surface area contributed by atoms with E-state index in [4.69, 9.17) is 0 Å². The van der Waals surface area contributed by atoms with Crippen molar-refractivity contribution in [2.45, 2.75) is 76.8 Å². The van der Waals surface area contributed by atoms with Gasteiger partial charge < -0.3 is 10.2 Å². The predicted molar refractivity (Wildman–Crippen MR) is 74.7 cm³/mol. The Hall–Kier alpha value is -1.06. The normalized spacial score (nSPS) is 25.5. The number of unbranched alkanes of at least 4 members (excludes halogenated alkanes) is 1. The summed E-state index contributed by atoms with van der Waals surface area (Å²) < 4.78 is 0. The highest BCUT2D eigenvalue weighted by atomic mass is 16.2. The molecule has 108 valence electrons. The van der Waals surface area contributed by atoms with Crippen molar-refractivity contribution >= 4 is 11.8 Å². The lowest BCUT2D eigenvalue weighted by Crippen LogP contribution is -2.74. The molecule has 2 amide bonds. The van der Waals surface area contributed by atoms with Crippen molar-refractivity contribution in [3.8, 4) is 0 Å². The summed E-state index contributed by atoms with van der Waals surface area (Å²) >= 11 is 0. The molecule has 4 nitrogen and oxygen atoms in total. The minimum Gasteiger partial charge on any atom is -0.340 e. The third-order valence-corrected chi connectivity index (χ3v) is 4.56. The van der Waals surface area contributed by atoms with Gasteiger partial charge in [0.05, 0.1) is 0 Å². The van der Waals surface area contributed by atoms with Crippen LogP contribution >= 0.6 is 0 Å². The van der Waals surface area contributed by atoms with Gasteiger partial charge in [-0.2, -0.15) is 0 Å². The molecule has 0 bridgehead atoms. The maximum atomic E-state index is 12.7. The van der Waals surface area contributed by atoms with Crippen molar-refractivity contribution in [2.24, 2.45) is 0 Å². The molecule has 4 heteroatoms. The van der Waals surface area contributed by atoms with E-state index >= 15 is 0 Å². The molecule has 0 atom stereocenters. The summed E-state index contributed by atoms with van der Waals surface area (Å²) in [5.74, 6) is 0.148. The second-order valence-electron chi connectivity index (χ2n) is 6.48. The lowest BCUT2D eigenvalue weighted by molar-refractivity contribution is -0.164. The average Bonchev–Trinajstić information content (AvgIpc) is 2.38. The molecule has 1 aliphatic carbocycles. The molecule has 0 unspecified atom stereocenters. The quantitative estimate of drug-likeness (QED) is 0.851. The predicted octanol–water partition coefficient (Wildman–Crippen LogP) is 2.23. The molecule has 1 saturated heterocycles. The molecule has 0 aromatic carbocycles. The van der Waals surface area contributed by atoms with Crippen molar-refractivity contribution in [1.29, 1.82) is 0 Å². The molecule has 19 heavy (non-hydrogen) atoms. The largest absolute Gasteiger partial charge is 0.340 e. The molecule has 2 fully saturated rings. The number of carbonyl (C=O) groups is 2. The van der Waals surface area contributed by atoms with Gasteiger partial charge in [0.1, 0.15) is 11.1 Å². The summed E-state index contributed by atoms with van der Waals surface area (Å²) in [4.78, 5) is 27.2. The average molecular weight is 266 g/mol. The fourth-order valence-electron chi connectivity index (χ4n) is 3.37. The van der Waals surface area contributed by atoms with E-state index in [0.717, 1.165) is 38.5 Å². The zero-order chi connectivity index (χ0) is 14.1. The standard InChI is InChI=1S/C15H26N2O2/c1-4-5-11-17-13(19)14(2,3)16-12(18)15(17)9-7-6-8-10-15/h4-11H2,1-3H3,(H,16,18). The van der Waals surface area contributed by atoms with Crippen LogP contribution in [0.1, 0.15) is 65.7 Å². The van der Waals surface area contributed by atoms with E-state index in [9.17, 15) is 9.59 Å². The number of piperazine rings is 1. The monoisotopic (exact) mass is 266 g/mol. The fraction of sp³-hybridized carbons (Fsp3) is 0.867. The lowest BCUT2D eigenvalue weighted by atomic mass is 9.76. The zero-order valence-corrected chi connectivity index (χ0v) is 12.4. The number of hydrogen-bond donors (Lipinski definition) is 1. The molecule has 0 aromatic rings. The molecule has 0 radical (unpaired) electrons.